The van der Waals surface area contributed by atoms with Gasteiger partial charge in [0.2, 0.25) is 0 Å². The molecule has 1 atom stereocenters. The average molecular weight is 328 g/mol. The number of nitrogens with one attached hydrogen (secondary N) is 2. The third-order valence-corrected chi connectivity index (χ3v) is 3.78. The maximum atomic E-state index is 12.4. The lowest BCUT2D eigenvalue weighted by atomic mass is 10.1. The van der Waals surface area contributed by atoms with E-state index < -0.39 is 0 Å². The average Bonchev–Trinajstić information content (AvgIpc) is 2.62. The summed E-state index contributed by atoms with van der Waals surface area (Å²) in [6.45, 7) is 4.26. The van der Waals surface area contributed by atoms with Crippen LogP contribution in [0.1, 0.15) is 30.6 Å². The van der Waals surface area contributed by atoms with E-state index in [1.54, 1.807) is 32.4 Å². The van der Waals surface area contributed by atoms with Crippen LogP contribution < -0.4 is 20.1 Å². The molecule has 0 heterocycles. The van der Waals surface area contributed by atoms with Gasteiger partial charge in [-0.3, -0.25) is 4.79 Å². The molecule has 24 heavy (non-hydrogen) atoms. The minimum atomic E-state index is -0.213. The van der Waals surface area contributed by atoms with Crippen molar-refractivity contribution in [1.29, 1.82) is 0 Å². The van der Waals surface area contributed by atoms with Crippen LogP contribution in [0, 0.1) is 0 Å². The smallest absolute Gasteiger partial charge is 0.255 e. The molecule has 5 heteroatoms. The van der Waals surface area contributed by atoms with Gasteiger partial charge in [0.05, 0.1) is 14.2 Å². The van der Waals surface area contributed by atoms with Gasteiger partial charge >= 0.3 is 0 Å². The van der Waals surface area contributed by atoms with Crippen LogP contribution >= 0.6 is 0 Å². The van der Waals surface area contributed by atoms with Crippen molar-refractivity contribution >= 4 is 17.3 Å². The lowest BCUT2D eigenvalue weighted by Crippen LogP contribution is -2.14. The Balaban J connectivity index is 2.09. The Hall–Kier alpha value is -2.69. The highest BCUT2D eigenvalue weighted by Crippen LogP contribution is 2.23. The third-order valence-electron chi connectivity index (χ3n) is 3.78. The van der Waals surface area contributed by atoms with Crippen LogP contribution in [0.5, 0.6) is 11.5 Å². The number of anilines is 2. The van der Waals surface area contributed by atoms with Crippen LogP contribution in [0.4, 0.5) is 11.4 Å². The van der Waals surface area contributed by atoms with Gasteiger partial charge in [0.15, 0.2) is 0 Å². The van der Waals surface area contributed by atoms with E-state index in [1.807, 2.05) is 24.3 Å². The van der Waals surface area contributed by atoms with Crippen LogP contribution in [0.2, 0.25) is 0 Å². The molecule has 0 radical (unpaired) electrons. The van der Waals surface area contributed by atoms with Gasteiger partial charge in [0.1, 0.15) is 11.5 Å². The van der Waals surface area contributed by atoms with E-state index in [9.17, 15) is 4.79 Å². The minimum absolute atomic E-state index is 0.213. The summed E-state index contributed by atoms with van der Waals surface area (Å²) in [5.74, 6) is 0.940. The summed E-state index contributed by atoms with van der Waals surface area (Å²) >= 11 is 0. The van der Waals surface area contributed by atoms with Crippen molar-refractivity contribution in [3.63, 3.8) is 0 Å². The molecule has 0 aliphatic heterocycles. The monoisotopic (exact) mass is 328 g/mol. The van der Waals surface area contributed by atoms with Crippen molar-refractivity contribution in [2.24, 2.45) is 0 Å². The van der Waals surface area contributed by atoms with Crippen molar-refractivity contribution in [3.05, 3.63) is 48.0 Å². The van der Waals surface area contributed by atoms with Crippen LogP contribution in [0.15, 0.2) is 42.5 Å². The standard InChI is InChI=1S/C19H24N2O3/c1-5-13(2)20-15-6-8-16(9-7-15)21-19(22)14-10-17(23-3)12-18(11-14)24-4/h6-13,20H,5H2,1-4H3,(H,21,22). The second-order valence-electron chi connectivity index (χ2n) is 5.59. The number of rotatable bonds is 7. The number of ether oxygens (including phenoxy) is 2. The normalized spacial score (nSPS) is 11.5. The summed E-state index contributed by atoms with van der Waals surface area (Å²) in [5, 5.41) is 6.27. The molecule has 0 spiro atoms. The summed E-state index contributed by atoms with van der Waals surface area (Å²) in [6, 6.07) is 13.1. The molecular formula is C19H24N2O3. The first kappa shape index (κ1) is 17.7. The maximum Gasteiger partial charge on any atom is 0.255 e. The van der Waals surface area contributed by atoms with Crippen molar-refractivity contribution < 1.29 is 14.3 Å². The molecule has 0 saturated carbocycles. The molecule has 2 aromatic carbocycles. The number of methoxy groups -OCH3 is 2. The second-order valence-corrected chi connectivity index (χ2v) is 5.59. The van der Waals surface area contributed by atoms with Crippen molar-refractivity contribution in [2.45, 2.75) is 26.3 Å². The fraction of sp³-hybridized carbons (Fsp3) is 0.316. The Kier molecular flexibility index (Phi) is 6.07. The van der Waals surface area contributed by atoms with Crippen LogP contribution in [-0.4, -0.2) is 26.2 Å². The molecule has 0 aromatic heterocycles. The zero-order chi connectivity index (χ0) is 17.5. The summed E-state index contributed by atoms with van der Waals surface area (Å²) in [5.41, 5.74) is 2.25. The number of amides is 1. The Bertz CT molecular complexity index is 661. The predicted molar refractivity (Wildman–Crippen MR) is 97.3 cm³/mol. The lowest BCUT2D eigenvalue weighted by Gasteiger charge is -2.13. The number of benzene rings is 2. The van der Waals surface area contributed by atoms with E-state index in [0.717, 1.165) is 17.8 Å². The van der Waals surface area contributed by atoms with Crippen LogP contribution in [0.3, 0.4) is 0 Å². The summed E-state index contributed by atoms with van der Waals surface area (Å²) < 4.78 is 10.4. The van der Waals surface area contributed by atoms with Crippen molar-refractivity contribution in [3.8, 4) is 11.5 Å². The zero-order valence-electron chi connectivity index (χ0n) is 14.6. The van der Waals surface area contributed by atoms with E-state index in [1.165, 1.54) is 0 Å². The van der Waals surface area contributed by atoms with Gasteiger partial charge in [-0.2, -0.15) is 0 Å². The fourth-order valence-electron chi connectivity index (χ4n) is 2.18. The summed E-state index contributed by atoms with van der Waals surface area (Å²) in [4.78, 5) is 12.4. The molecule has 1 unspecified atom stereocenters. The number of hydrogen-bond acceptors (Lipinski definition) is 4. The highest BCUT2D eigenvalue weighted by Gasteiger charge is 2.10. The Morgan fingerprint density at radius 3 is 2.04 bits per heavy atom. The van der Waals surface area contributed by atoms with Crippen molar-refractivity contribution in [1.82, 2.24) is 0 Å². The summed E-state index contributed by atoms with van der Waals surface area (Å²) in [6.07, 6.45) is 1.05. The quantitative estimate of drug-likeness (QED) is 0.801. The minimum Gasteiger partial charge on any atom is -0.497 e. The van der Waals surface area contributed by atoms with E-state index in [-0.39, 0.29) is 5.91 Å². The molecule has 1 amide bonds. The number of carbonyl (C=O) groups is 1. The fourth-order valence-corrected chi connectivity index (χ4v) is 2.18. The first-order chi connectivity index (χ1) is 11.5. The second kappa shape index (κ2) is 8.24. The molecule has 2 N–H and O–H groups in total. The molecular weight excluding hydrogens is 304 g/mol. The largest absolute Gasteiger partial charge is 0.497 e. The van der Waals surface area contributed by atoms with Gasteiger partial charge < -0.3 is 20.1 Å². The topological polar surface area (TPSA) is 59.6 Å². The van der Waals surface area contributed by atoms with Gasteiger partial charge in [0.25, 0.3) is 5.91 Å². The van der Waals surface area contributed by atoms with Crippen LogP contribution in [0.25, 0.3) is 0 Å². The molecule has 2 rings (SSSR count). The van der Waals surface area contributed by atoms with Gasteiger partial charge in [0, 0.05) is 29.0 Å². The van der Waals surface area contributed by atoms with Gasteiger partial charge in [-0.05, 0) is 49.7 Å². The molecule has 5 nitrogen and oxygen atoms in total. The first-order valence-corrected chi connectivity index (χ1v) is 7.96. The van der Waals surface area contributed by atoms with E-state index in [2.05, 4.69) is 24.5 Å². The van der Waals surface area contributed by atoms with E-state index in [0.29, 0.717) is 23.1 Å². The highest BCUT2D eigenvalue weighted by atomic mass is 16.5. The first-order valence-electron chi connectivity index (χ1n) is 7.96. The zero-order valence-corrected chi connectivity index (χ0v) is 14.6. The molecule has 0 aliphatic carbocycles. The van der Waals surface area contributed by atoms with Crippen LogP contribution in [-0.2, 0) is 0 Å². The Labute approximate surface area is 143 Å². The van der Waals surface area contributed by atoms with E-state index in [4.69, 9.17) is 9.47 Å². The Morgan fingerprint density at radius 2 is 1.54 bits per heavy atom. The third kappa shape index (κ3) is 4.65. The number of hydrogen-bond donors (Lipinski definition) is 2. The number of carbonyl (C=O) groups excluding carboxylic acids is 1. The molecule has 0 fully saturated rings. The van der Waals surface area contributed by atoms with Gasteiger partial charge in [-0.25, -0.2) is 0 Å². The molecule has 0 saturated heterocycles. The lowest BCUT2D eigenvalue weighted by molar-refractivity contribution is 0.102. The molecule has 0 bridgehead atoms. The van der Waals surface area contributed by atoms with Gasteiger partial charge in [-0.1, -0.05) is 6.92 Å². The molecule has 2 aromatic rings. The Morgan fingerprint density at radius 1 is 1.00 bits per heavy atom. The van der Waals surface area contributed by atoms with E-state index >= 15 is 0 Å². The maximum absolute atomic E-state index is 12.4. The van der Waals surface area contributed by atoms with Crippen molar-refractivity contribution in [2.75, 3.05) is 24.9 Å². The van der Waals surface area contributed by atoms with Gasteiger partial charge in [-0.15, -0.1) is 0 Å². The highest BCUT2D eigenvalue weighted by molar-refractivity contribution is 6.04. The SMILES string of the molecule is CCC(C)Nc1ccc(NC(=O)c2cc(OC)cc(OC)c2)cc1. The molecule has 128 valence electrons. The predicted octanol–water partition coefficient (Wildman–Crippen LogP) is 4.17. The molecule has 0 aliphatic rings. The summed E-state index contributed by atoms with van der Waals surface area (Å²) in [7, 11) is 3.11.